The molecule has 0 aromatic heterocycles. The van der Waals surface area contributed by atoms with Gasteiger partial charge in [0.2, 0.25) is 17.7 Å². The average Bonchev–Trinajstić information content (AvgIpc) is 3.40. The highest BCUT2D eigenvalue weighted by molar-refractivity contribution is 5.93. The zero-order valence-electron chi connectivity index (χ0n) is 25.9. The number of hydrogen-bond donors (Lipinski definition) is 4. The molecule has 236 valence electrons. The van der Waals surface area contributed by atoms with Crippen LogP contribution >= 0.6 is 0 Å². The standard InChI is InChI=1S/C33H47FN4O5/c1-20(2)28-32(42)38(5)29(21(3)39)31(41)37-26(18-22-12-14-33(4,34)15-13-22)30(40)36-24-11-10-23(19-24)25-8-6-7-9-27(25)43-17-16-35-28/h6-9,12-14,20-21,23-24,26,28-29,35,39H,10-11,15-19H2,1-5H3,(H,36,40)(H,37,41). The lowest BCUT2D eigenvalue weighted by atomic mass is 9.92. The number of hydrogen-bond acceptors (Lipinski definition) is 6. The number of alkyl halides is 1. The lowest BCUT2D eigenvalue weighted by molar-refractivity contribution is -0.145. The van der Waals surface area contributed by atoms with Crippen molar-refractivity contribution in [3.63, 3.8) is 0 Å². The number of fused-ring (bicyclic) bond motifs is 4. The Hall–Kier alpha value is -3.24. The lowest BCUT2D eigenvalue weighted by Crippen LogP contribution is -2.60. The van der Waals surface area contributed by atoms with Crippen LogP contribution in [0.2, 0.25) is 0 Å². The summed E-state index contributed by atoms with van der Waals surface area (Å²) in [5, 5.41) is 19.9. The summed E-state index contributed by atoms with van der Waals surface area (Å²) in [7, 11) is 1.49. The molecular formula is C33H47FN4O5. The Labute approximate surface area is 254 Å². The summed E-state index contributed by atoms with van der Waals surface area (Å²) in [5.74, 6) is -0.449. The highest BCUT2D eigenvalue weighted by Gasteiger charge is 2.38. The quantitative estimate of drug-likeness (QED) is 0.423. The van der Waals surface area contributed by atoms with E-state index < -0.39 is 35.8 Å². The number of aliphatic hydroxyl groups is 1. The number of benzene rings is 1. The molecule has 0 spiro atoms. The first-order valence-electron chi connectivity index (χ1n) is 15.4. The second-order valence-corrected chi connectivity index (χ2v) is 12.8. The molecule has 7 atom stereocenters. The molecule has 1 aromatic rings. The average molecular weight is 599 g/mol. The van der Waals surface area contributed by atoms with Gasteiger partial charge < -0.3 is 30.7 Å². The summed E-state index contributed by atoms with van der Waals surface area (Å²) in [5.41, 5.74) is 0.358. The van der Waals surface area contributed by atoms with Gasteiger partial charge in [-0.1, -0.05) is 44.2 Å². The largest absolute Gasteiger partial charge is 0.492 e. The lowest BCUT2D eigenvalue weighted by Gasteiger charge is -2.34. The Balaban J connectivity index is 1.65. The number of amides is 3. The second-order valence-electron chi connectivity index (χ2n) is 12.8. The maximum absolute atomic E-state index is 14.4. The molecule has 3 aliphatic rings. The van der Waals surface area contributed by atoms with Crippen LogP contribution in [0, 0.1) is 5.92 Å². The Kier molecular flexibility index (Phi) is 10.7. The van der Waals surface area contributed by atoms with Crippen molar-refractivity contribution in [2.24, 2.45) is 5.92 Å². The van der Waals surface area contributed by atoms with Crippen LogP contribution in [0.4, 0.5) is 4.39 Å². The highest BCUT2D eigenvalue weighted by Crippen LogP contribution is 2.39. The maximum atomic E-state index is 14.4. The fraction of sp³-hybridized carbons (Fsp3) is 0.606. The minimum atomic E-state index is -1.46. The fourth-order valence-corrected chi connectivity index (χ4v) is 6.31. The normalized spacial score (nSPS) is 31.7. The van der Waals surface area contributed by atoms with Crippen molar-refractivity contribution in [1.82, 2.24) is 20.9 Å². The molecular weight excluding hydrogens is 551 g/mol. The summed E-state index contributed by atoms with van der Waals surface area (Å²) in [6.45, 7) is 7.51. The van der Waals surface area contributed by atoms with Gasteiger partial charge in [-0.05, 0) is 68.2 Å². The number of allylic oxidation sites excluding steroid dienone is 3. The third-order valence-electron chi connectivity index (χ3n) is 8.77. The van der Waals surface area contributed by atoms with E-state index in [9.17, 15) is 23.9 Å². The Bertz CT molecular complexity index is 1230. The molecule has 1 saturated carbocycles. The molecule has 0 saturated heterocycles. The first kappa shape index (κ1) is 32.7. The van der Waals surface area contributed by atoms with Gasteiger partial charge in [-0.25, -0.2) is 4.39 Å². The fourth-order valence-electron chi connectivity index (χ4n) is 6.31. The molecule has 43 heavy (non-hydrogen) atoms. The number of nitrogens with zero attached hydrogens (tertiary/aromatic N) is 1. The summed E-state index contributed by atoms with van der Waals surface area (Å²) in [4.78, 5) is 42.3. The van der Waals surface area contributed by atoms with Gasteiger partial charge in [0.25, 0.3) is 0 Å². The van der Waals surface area contributed by atoms with E-state index in [1.807, 2.05) is 32.0 Å². The monoisotopic (exact) mass is 598 g/mol. The van der Waals surface area contributed by atoms with Gasteiger partial charge in [0.15, 0.2) is 0 Å². The molecule has 3 amide bonds. The van der Waals surface area contributed by atoms with Gasteiger partial charge in [-0.3, -0.25) is 14.4 Å². The molecule has 1 heterocycles. The Morgan fingerprint density at radius 2 is 1.86 bits per heavy atom. The SMILES string of the molecule is CC(C)C1NCCOc2ccccc2C2CCC(C2)NC(=O)C(CC2=CCC(C)(F)C=C2)NC(=O)C(C(C)O)N(C)C1=O. The molecule has 1 aromatic carbocycles. The Morgan fingerprint density at radius 1 is 1.12 bits per heavy atom. The molecule has 9 nitrogen and oxygen atoms in total. The number of para-hydroxylation sites is 1. The van der Waals surface area contributed by atoms with E-state index in [0.717, 1.165) is 36.1 Å². The van der Waals surface area contributed by atoms with Gasteiger partial charge in [-0.15, -0.1) is 0 Å². The molecule has 2 bridgehead atoms. The smallest absolute Gasteiger partial charge is 0.246 e. The zero-order valence-corrected chi connectivity index (χ0v) is 25.9. The van der Waals surface area contributed by atoms with Crippen molar-refractivity contribution in [2.75, 3.05) is 20.2 Å². The number of aliphatic hydroxyl groups excluding tert-OH is 1. The zero-order chi connectivity index (χ0) is 31.3. The predicted molar refractivity (Wildman–Crippen MR) is 163 cm³/mol. The van der Waals surface area contributed by atoms with Crippen LogP contribution in [0.3, 0.4) is 0 Å². The number of rotatable bonds is 4. The second kappa shape index (κ2) is 14.0. The van der Waals surface area contributed by atoms with Crippen molar-refractivity contribution in [1.29, 1.82) is 0 Å². The molecule has 4 rings (SSSR count). The summed E-state index contributed by atoms with van der Waals surface area (Å²) in [6, 6.07) is 5.00. The van der Waals surface area contributed by atoms with E-state index in [1.165, 1.54) is 31.9 Å². The van der Waals surface area contributed by atoms with Crippen molar-refractivity contribution in [3.05, 3.63) is 53.6 Å². The number of carbonyl (C=O) groups is 3. The van der Waals surface area contributed by atoms with Crippen molar-refractivity contribution < 1.29 is 28.6 Å². The minimum Gasteiger partial charge on any atom is -0.492 e. The Morgan fingerprint density at radius 3 is 2.53 bits per heavy atom. The number of nitrogens with one attached hydrogen (secondary N) is 3. The first-order valence-corrected chi connectivity index (χ1v) is 15.4. The van der Waals surface area contributed by atoms with Crippen LogP contribution in [0.5, 0.6) is 5.75 Å². The molecule has 4 N–H and O–H groups in total. The van der Waals surface area contributed by atoms with Crippen molar-refractivity contribution in [2.45, 2.75) is 102 Å². The molecule has 10 heteroatoms. The highest BCUT2D eigenvalue weighted by atomic mass is 19.1. The third kappa shape index (κ3) is 8.23. The predicted octanol–water partition coefficient (Wildman–Crippen LogP) is 3.14. The summed E-state index contributed by atoms with van der Waals surface area (Å²) < 4.78 is 20.6. The van der Waals surface area contributed by atoms with Crippen LogP contribution in [-0.2, 0) is 14.4 Å². The van der Waals surface area contributed by atoms with Gasteiger partial charge in [0.1, 0.15) is 30.1 Å². The van der Waals surface area contributed by atoms with Gasteiger partial charge in [-0.2, -0.15) is 0 Å². The van der Waals surface area contributed by atoms with Gasteiger partial charge in [0, 0.05) is 32.5 Å². The number of halogens is 1. The number of likely N-dealkylation sites (N-methyl/N-ethyl adjacent to an activating group) is 1. The third-order valence-corrected chi connectivity index (χ3v) is 8.77. The van der Waals surface area contributed by atoms with E-state index in [-0.39, 0.29) is 42.5 Å². The van der Waals surface area contributed by atoms with Crippen molar-refractivity contribution in [3.8, 4) is 5.75 Å². The van der Waals surface area contributed by atoms with Crippen molar-refractivity contribution >= 4 is 17.7 Å². The summed E-state index contributed by atoms with van der Waals surface area (Å²) in [6.07, 6.45) is 6.37. The van der Waals surface area contributed by atoms with Crippen LogP contribution in [0.25, 0.3) is 0 Å². The maximum Gasteiger partial charge on any atom is 0.246 e. The van der Waals surface area contributed by atoms with E-state index >= 15 is 0 Å². The summed E-state index contributed by atoms with van der Waals surface area (Å²) >= 11 is 0. The molecule has 1 fully saturated rings. The van der Waals surface area contributed by atoms with E-state index in [2.05, 4.69) is 22.0 Å². The first-order chi connectivity index (χ1) is 20.4. The topological polar surface area (TPSA) is 120 Å². The van der Waals surface area contributed by atoms with Gasteiger partial charge in [0.05, 0.1) is 12.1 Å². The van der Waals surface area contributed by atoms with E-state index in [4.69, 9.17) is 4.74 Å². The van der Waals surface area contributed by atoms with Crippen LogP contribution < -0.4 is 20.7 Å². The molecule has 0 radical (unpaired) electrons. The number of ether oxygens (including phenoxy) is 1. The van der Waals surface area contributed by atoms with E-state index in [0.29, 0.717) is 13.2 Å². The molecule has 7 unspecified atom stereocenters. The number of carbonyl (C=O) groups excluding carboxylic acids is 3. The van der Waals surface area contributed by atoms with Gasteiger partial charge >= 0.3 is 0 Å². The van der Waals surface area contributed by atoms with Crippen LogP contribution in [-0.4, -0.2) is 83.9 Å². The molecule has 2 aliphatic carbocycles. The van der Waals surface area contributed by atoms with E-state index in [1.54, 1.807) is 12.2 Å². The van der Waals surface area contributed by atoms with Crippen LogP contribution in [0.1, 0.15) is 71.3 Å². The van der Waals surface area contributed by atoms with Crippen LogP contribution in [0.15, 0.2) is 48.1 Å². The molecule has 1 aliphatic heterocycles. The minimum absolute atomic E-state index is 0.0980.